The van der Waals surface area contributed by atoms with E-state index >= 15 is 0 Å². The Morgan fingerprint density at radius 3 is 3.04 bits per heavy atom. The standard InChI is InChI=1S/C18H16N4O3S/c23-16-9-13(12-5-1-2-6-14(12)20-16)18(24)19-10-17-21-15(22-25-17)8-11-4-3-7-26-11/h1-7,13H,8-10H2,(H,19,24)(H,20,23)/t13-/m1/s1. The van der Waals surface area contributed by atoms with Crippen LogP contribution in [0.25, 0.3) is 0 Å². The van der Waals surface area contributed by atoms with E-state index in [1.165, 1.54) is 0 Å². The van der Waals surface area contributed by atoms with E-state index in [4.69, 9.17) is 4.52 Å². The molecule has 132 valence electrons. The second-order valence-electron chi connectivity index (χ2n) is 5.97. The van der Waals surface area contributed by atoms with Gasteiger partial charge in [-0.25, -0.2) is 0 Å². The quantitative estimate of drug-likeness (QED) is 0.721. The van der Waals surface area contributed by atoms with Gasteiger partial charge in [-0.05, 0) is 23.1 Å². The maximum atomic E-state index is 12.6. The number of thiophene rings is 1. The van der Waals surface area contributed by atoms with Crippen molar-refractivity contribution >= 4 is 28.8 Å². The Balaban J connectivity index is 1.40. The molecule has 0 saturated heterocycles. The van der Waals surface area contributed by atoms with Gasteiger partial charge in [0.25, 0.3) is 0 Å². The topological polar surface area (TPSA) is 97.1 Å². The SMILES string of the molecule is O=C1C[C@@H](C(=O)NCc2nc(Cc3cccs3)no2)c2ccccc2N1. The summed E-state index contributed by atoms with van der Waals surface area (Å²) in [5.41, 5.74) is 1.49. The molecule has 0 bridgehead atoms. The third kappa shape index (κ3) is 3.50. The summed E-state index contributed by atoms with van der Waals surface area (Å²) in [6, 6.07) is 11.3. The Labute approximate surface area is 153 Å². The third-order valence-corrected chi connectivity index (χ3v) is 5.03. The first kappa shape index (κ1) is 16.5. The minimum atomic E-state index is -0.520. The summed E-state index contributed by atoms with van der Waals surface area (Å²) in [4.78, 5) is 29.8. The van der Waals surface area contributed by atoms with E-state index in [-0.39, 0.29) is 24.8 Å². The summed E-state index contributed by atoms with van der Waals surface area (Å²) in [5.74, 6) is 0.0104. The minimum Gasteiger partial charge on any atom is -0.346 e. The average Bonchev–Trinajstić information content (AvgIpc) is 3.31. The number of para-hydroxylation sites is 1. The van der Waals surface area contributed by atoms with Crippen LogP contribution in [-0.2, 0) is 22.6 Å². The predicted molar refractivity (Wildman–Crippen MR) is 95.7 cm³/mol. The smallest absolute Gasteiger partial charge is 0.246 e. The fourth-order valence-electron chi connectivity index (χ4n) is 2.93. The lowest BCUT2D eigenvalue weighted by Crippen LogP contribution is -2.34. The number of fused-ring (bicyclic) bond motifs is 1. The molecule has 4 rings (SSSR count). The van der Waals surface area contributed by atoms with E-state index < -0.39 is 5.92 Å². The van der Waals surface area contributed by atoms with Gasteiger partial charge in [-0.2, -0.15) is 4.98 Å². The van der Waals surface area contributed by atoms with Gasteiger partial charge in [0, 0.05) is 23.4 Å². The van der Waals surface area contributed by atoms with Gasteiger partial charge in [-0.15, -0.1) is 11.3 Å². The molecule has 0 aliphatic carbocycles. The van der Waals surface area contributed by atoms with Crippen LogP contribution in [0.2, 0.25) is 0 Å². The fourth-order valence-corrected chi connectivity index (χ4v) is 3.64. The molecule has 0 fully saturated rings. The number of hydrogen-bond acceptors (Lipinski definition) is 6. The zero-order valence-corrected chi connectivity index (χ0v) is 14.6. The van der Waals surface area contributed by atoms with E-state index in [0.29, 0.717) is 23.8 Å². The molecule has 0 unspecified atom stereocenters. The Bertz CT molecular complexity index is 936. The lowest BCUT2D eigenvalue weighted by Gasteiger charge is -2.24. The van der Waals surface area contributed by atoms with Gasteiger partial charge in [-0.3, -0.25) is 9.59 Å². The number of aromatic nitrogens is 2. The molecule has 1 aromatic carbocycles. The molecule has 3 aromatic rings. The van der Waals surface area contributed by atoms with Gasteiger partial charge in [0.2, 0.25) is 17.7 Å². The number of nitrogens with zero attached hydrogens (tertiary/aromatic N) is 2. The summed E-state index contributed by atoms with van der Waals surface area (Å²) in [7, 11) is 0. The first-order valence-electron chi connectivity index (χ1n) is 8.19. The summed E-state index contributed by atoms with van der Waals surface area (Å²) >= 11 is 1.63. The van der Waals surface area contributed by atoms with Crippen LogP contribution in [0.5, 0.6) is 0 Å². The number of amides is 2. The van der Waals surface area contributed by atoms with Crippen LogP contribution in [0.15, 0.2) is 46.3 Å². The van der Waals surface area contributed by atoms with Crippen molar-refractivity contribution in [2.75, 3.05) is 5.32 Å². The molecule has 0 radical (unpaired) electrons. The fraction of sp³-hybridized carbons (Fsp3) is 0.222. The zero-order chi connectivity index (χ0) is 17.9. The first-order valence-corrected chi connectivity index (χ1v) is 9.07. The van der Waals surface area contributed by atoms with Gasteiger partial charge in [0.1, 0.15) is 0 Å². The summed E-state index contributed by atoms with van der Waals surface area (Å²) in [6.45, 7) is 0.135. The van der Waals surface area contributed by atoms with Crippen LogP contribution in [0.1, 0.15) is 34.5 Å². The van der Waals surface area contributed by atoms with Gasteiger partial charge in [0.05, 0.1) is 12.5 Å². The van der Waals surface area contributed by atoms with E-state index in [2.05, 4.69) is 20.8 Å². The normalized spacial score (nSPS) is 16.0. The maximum absolute atomic E-state index is 12.6. The lowest BCUT2D eigenvalue weighted by molar-refractivity contribution is -0.126. The maximum Gasteiger partial charge on any atom is 0.246 e. The Hall–Kier alpha value is -3.00. The largest absolute Gasteiger partial charge is 0.346 e. The average molecular weight is 368 g/mol. The molecule has 3 heterocycles. The number of anilines is 1. The summed E-state index contributed by atoms with van der Waals surface area (Å²) in [5, 5.41) is 11.5. The molecule has 26 heavy (non-hydrogen) atoms. The highest BCUT2D eigenvalue weighted by atomic mass is 32.1. The van der Waals surface area contributed by atoms with Crippen molar-refractivity contribution in [3.8, 4) is 0 Å². The summed E-state index contributed by atoms with van der Waals surface area (Å²) < 4.78 is 5.19. The molecule has 1 aliphatic heterocycles. The number of carbonyl (C=O) groups is 2. The minimum absolute atomic E-state index is 0.121. The molecule has 1 aliphatic rings. The number of benzene rings is 1. The Morgan fingerprint density at radius 2 is 2.19 bits per heavy atom. The van der Waals surface area contributed by atoms with Crippen molar-refractivity contribution in [2.24, 2.45) is 0 Å². The number of nitrogens with one attached hydrogen (secondary N) is 2. The van der Waals surface area contributed by atoms with Crippen molar-refractivity contribution in [1.29, 1.82) is 0 Å². The molecule has 0 saturated carbocycles. The molecule has 2 N–H and O–H groups in total. The molecule has 0 spiro atoms. The third-order valence-electron chi connectivity index (χ3n) is 4.15. The van der Waals surface area contributed by atoms with E-state index in [1.54, 1.807) is 17.4 Å². The highest BCUT2D eigenvalue weighted by Crippen LogP contribution is 2.32. The van der Waals surface area contributed by atoms with Crippen LogP contribution < -0.4 is 10.6 Å². The Kier molecular flexibility index (Phi) is 4.49. The highest BCUT2D eigenvalue weighted by molar-refractivity contribution is 7.09. The van der Waals surface area contributed by atoms with Crippen molar-refractivity contribution < 1.29 is 14.1 Å². The van der Waals surface area contributed by atoms with Crippen molar-refractivity contribution in [1.82, 2.24) is 15.5 Å². The predicted octanol–water partition coefficient (Wildman–Crippen LogP) is 2.46. The Morgan fingerprint density at radius 1 is 1.31 bits per heavy atom. The molecular formula is C18H16N4O3S. The highest BCUT2D eigenvalue weighted by Gasteiger charge is 2.30. The molecular weight excluding hydrogens is 352 g/mol. The second-order valence-corrected chi connectivity index (χ2v) is 7.00. The molecule has 2 amide bonds. The number of hydrogen-bond donors (Lipinski definition) is 2. The van der Waals surface area contributed by atoms with Gasteiger partial charge < -0.3 is 15.2 Å². The van der Waals surface area contributed by atoms with Gasteiger partial charge in [0.15, 0.2) is 5.82 Å². The zero-order valence-electron chi connectivity index (χ0n) is 13.8. The number of carbonyl (C=O) groups excluding carboxylic acids is 2. The van der Waals surface area contributed by atoms with Crippen LogP contribution >= 0.6 is 11.3 Å². The molecule has 1 atom stereocenters. The van der Waals surface area contributed by atoms with Crippen LogP contribution in [-0.4, -0.2) is 22.0 Å². The monoisotopic (exact) mass is 368 g/mol. The van der Waals surface area contributed by atoms with Crippen LogP contribution in [0, 0.1) is 0 Å². The lowest BCUT2D eigenvalue weighted by atomic mass is 9.90. The summed E-state index contributed by atoms with van der Waals surface area (Å²) in [6.07, 6.45) is 0.724. The molecule has 7 nitrogen and oxygen atoms in total. The first-order chi connectivity index (χ1) is 12.7. The van der Waals surface area contributed by atoms with E-state index in [0.717, 1.165) is 10.4 Å². The van der Waals surface area contributed by atoms with Crippen LogP contribution in [0.3, 0.4) is 0 Å². The van der Waals surface area contributed by atoms with Gasteiger partial charge in [-0.1, -0.05) is 29.4 Å². The van der Waals surface area contributed by atoms with Crippen molar-refractivity contribution in [3.63, 3.8) is 0 Å². The van der Waals surface area contributed by atoms with Crippen molar-refractivity contribution in [3.05, 3.63) is 63.9 Å². The number of rotatable bonds is 5. The molecule has 8 heteroatoms. The van der Waals surface area contributed by atoms with Gasteiger partial charge >= 0.3 is 0 Å². The van der Waals surface area contributed by atoms with Crippen LogP contribution in [0.4, 0.5) is 5.69 Å². The van der Waals surface area contributed by atoms with E-state index in [9.17, 15) is 9.59 Å². The van der Waals surface area contributed by atoms with Crippen molar-refractivity contribution in [2.45, 2.75) is 25.3 Å². The van der Waals surface area contributed by atoms with E-state index in [1.807, 2.05) is 35.7 Å². The molecule has 2 aromatic heterocycles. The second kappa shape index (κ2) is 7.09.